The predicted molar refractivity (Wildman–Crippen MR) is 156 cm³/mol. The number of ether oxygens (including phenoxy) is 4. The number of amides is 1. The van der Waals surface area contributed by atoms with Crippen molar-refractivity contribution in [1.82, 2.24) is 15.4 Å². The van der Waals surface area contributed by atoms with E-state index >= 15 is 0 Å². The molecule has 0 saturated heterocycles. The zero-order valence-electron chi connectivity index (χ0n) is 22.8. The highest BCUT2D eigenvalue weighted by Crippen LogP contribution is 2.39. The van der Waals surface area contributed by atoms with Crippen LogP contribution in [0, 0.1) is 6.92 Å². The average Bonchev–Trinajstić information content (AvgIpc) is 3.40. The highest BCUT2D eigenvalue weighted by atomic mass is 16.5. The third-order valence-electron chi connectivity index (χ3n) is 6.40. The summed E-state index contributed by atoms with van der Waals surface area (Å²) in [6.07, 6.45) is 1.49. The largest absolute Gasteiger partial charge is 0.494 e. The van der Waals surface area contributed by atoms with Gasteiger partial charge in [0.05, 0.1) is 34.7 Å². The molecule has 40 heavy (non-hydrogen) atoms. The minimum atomic E-state index is -0.385. The lowest BCUT2D eigenvalue weighted by Gasteiger charge is -2.13. The Kier molecular flexibility index (Phi) is 7.41. The molecule has 0 spiro atoms. The first-order chi connectivity index (χ1) is 19.4. The van der Waals surface area contributed by atoms with Gasteiger partial charge in [-0.15, -0.1) is 0 Å². The van der Waals surface area contributed by atoms with Gasteiger partial charge in [-0.2, -0.15) is 5.10 Å². The number of nitrogens with zero attached hydrogens (tertiary/aromatic N) is 2. The maximum Gasteiger partial charge on any atom is 0.287 e. The molecule has 5 rings (SSSR count). The summed E-state index contributed by atoms with van der Waals surface area (Å²) in [5.74, 6) is 1.74. The Morgan fingerprint density at radius 1 is 0.900 bits per heavy atom. The molecule has 3 N–H and O–H groups in total. The molecule has 0 unspecified atom stereocenters. The molecule has 0 fully saturated rings. The van der Waals surface area contributed by atoms with Crippen molar-refractivity contribution in [2.75, 3.05) is 33.8 Å². The van der Waals surface area contributed by atoms with E-state index in [1.807, 2.05) is 49.4 Å². The minimum Gasteiger partial charge on any atom is -0.494 e. The predicted octanol–water partition coefficient (Wildman–Crippen LogP) is 5.57. The zero-order valence-corrected chi connectivity index (χ0v) is 22.8. The van der Waals surface area contributed by atoms with Crippen molar-refractivity contribution in [3.05, 3.63) is 77.6 Å². The fourth-order valence-electron chi connectivity index (χ4n) is 4.55. The van der Waals surface area contributed by atoms with Crippen molar-refractivity contribution >= 4 is 45.3 Å². The van der Waals surface area contributed by atoms with Gasteiger partial charge in [0.2, 0.25) is 5.75 Å². The molecule has 10 heteroatoms. The summed E-state index contributed by atoms with van der Waals surface area (Å²) in [4.78, 5) is 20.6. The normalized spacial score (nSPS) is 11.1. The average molecular weight is 540 g/mol. The van der Waals surface area contributed by atoms with Crippen LogP contribution in [0.15, 0.2) is 65.8 Å². The third kappa shape index (κ3) is 5.06. The SMILES string of the molecule is COc1ccc(/C=N/NC(=O)c2cc3cc(Nc4cc(C)nc5c(OC)cccc45)ccc3[nH]2)c(OC)c1OC. The van der Waals surface area contributed by atoms with E-state index in [-0.39, 0.29) is 5.91 Å². The first-order valence-corrected chi connectivity index (χ1v) is 12.4. The van der Waals surface area contributed by atoms with Gasteiger partial charge in [0.25, 0.3) is 5.91 Å². The summed E-state index contributed by atoms with van der Waals surface area (Å²) in [5.41, 5.74) is 7.80. The highest BCUT2D eigenvalue weighted by Gasteiger charge is 2.15. The number of hydrogen-bond acceptors (Lipinski definition) is 8. The molecule has 0 bridgehead atoms. The number of aromatic amines is 1. The molecule has 1 amide bonds. The number of aryl methyl sites for hydroxylation is 1. The van der Waals surface area contributed by atoms with Gasteiger partial charge in [0, 0.05) is 38.9 Å². The number of carbonyl (C=O) groups excluding carboxylic acids is 1. The second-order valence-corrected chi connectivity index (χ2v) is 8.90. The number of para-hydroxylation sites is 1. The van der Waals surface area contributed by atoms with Gasteiger partial charge in [-0.1, -0.05) is 12.1 Å². The molecule has 0 atom stereocenters. The molecule has 204 valence electrons. The Balaban J connectivity index is 1.35. The molecule has 0 radical (unpaired) electrons. The highest BCUT2D eigenvalue weighted by molar-refractivity contribution is 6.00. The number of benzene rings is 3. The van der Waals surface area contributed by atoms with Gasteiger partial charge < -0.3 is 29.2 Å². The van der Waals surface area contributed by atoms with Crippen LogP contribution in [0.4, 0.5) is 11.4 Å². The van der Waals surface area contributed by atoms with Gasteiger partial charge in [0.1, 0.15) is 17.0 Å². The number of methoxy groups -OCH3 is 4. The van der Waals surface area contributed by atoms with Gasteiger partial charge >= 0.3 is 0 Å². The van der Waals surface area contributed by atoms with Crippen molar-refractivity contribution in [2.24, 2.45) is 5.10 Å². The fourth-order valence-corrected chi connectivity index (χ4v) is 4.55. The summed E-state index contributed by atoms with van der Waals surface area (Å²) < 4.78 is 21.7. The Bertz CT molecular complexity index is 1740. The molecule has 0 saturated carbocycles. The molecule has 0 aliphatic carbocycles. The van der Waals surface area contributed by atoms with Crippen LogP contribution in [0.25, 0.3) is 21.8 Å². The lowest BCUT2D eigenvalue weighted by Crippen LogP contribution is -2.18. The topological polar surface area (TPSA) is 119 Å². The van der Waals surface area contributed by atoms with Gasteiger partial charge in [-0.3, -0.25) is 4.79 Å². The second kappa shape index (κ2) is 11.2. The van der Waals surface area contributed by atoms with Gasteiger partial charge in [-0.05, 0) is 55.5 Å². The number of anilines is 2. The minimum absolute atomic E-state index is 0.374. The Hall–Kier alpha value is -5.25. The zero-order chi connectivity index (χ0) is 28.2. The van der Waals surface area contributed by atoms with E-state index in [0.29, 0.717) is 34.3 Å². The molecule has 5 aromatic rings. The van der Waals surface area contributed by atoms with Crippen LogP contribution < -0.4 is 29.7 Å². The van der Waals surface area contributed by atoms with Crippen LogP contribution in [0.1, 0.15) is 21.7 Å². The molecule has 10 nitrogen and oxygen atoms in total. The van der Waals surface area contributed by atoms with Crippen molar-refractivity contribution < 1.29 is 23.7 Å². The second-order valence-electron chi connectivity index (χ2n) is 8.90. The molecule has 3 aromatic carbocycles. The standard InChI is InChI=1S/C30H29N5O5/c1-17-13-23(21-7-6-8-25(37-2)27(21)32-17)33-20-10-11-22-19(14-20)15-24(34-22)30(36)35-31-16-18-9-12-26(38-3)29(40-5)28(18)39-4/h6-16,34H,1-5H3,(H,32,33)(H,35,36)/b31-16+. The van der Waals surface area contributed by atoms with E-state index in [4.69, 9.17) is 18.9 Å². The number of fused-ring (bicyclic) bond motifs is 2. The van der Waals surface area contributed by atoms with Crippen LogP contribution in [0.3, 0.4) is 0 Å². The number of pyridine rings is 1. The first-order valence-electron chi connectivity index (χ1n) is 12.4. The van der Waals surface area contributed by atoms with Gasteiger partial charge in [-0.25, -0.2) is 10.4 Å². The fraction of sp³-hybridized carbons (Fsp3) is 0.167. The number of hydrazone groups is 1. The number of aromatic nitrogens is 2. The number of hydrogen-bond donors (Lipinski definition) is 3. The number of H-pyrrole nitrogens is 1. The number of rotatable bonds is 9. The molecular weight excluding hydrogens is 510 g/mol. The van der Waals surface area contributed by atoms with E-state index < -0.39 is 0 Å². The van der Waals surface area contributed by atoms with Crippen LogP contribution in [-0.4, -0.2) is 50.5 Å². The van der Waals surface area contributed by atoms with E-state index in [1.165, 1.54) is 20.4 Å². The maximum atomic E-state index is 12.8. The van der Waals surface area contributed by atoms with Crippen LogP contribution >= 0.6 is 0 Å². The monoisotopic (exact) mass is 539 g/mol. The van der Waals surface area contributed by atoms with E-state index in [0.717, 1.165) is 38.9 Å². The van der Waals surface area contributed by atoms with Gasteiger partial charge in [0.15, 0.2) is 11.5 Å². The maximum absolute atomic E-state index is 12.8. The van der Waals surface area contributed by atoms with Crippen LogP contribution in [0.2, 0.25) is 0 Å². The number of carbonyl (C=O) groups is 1. The molecular formula is C30H29N5O5. The van der Waals surface area contributed by atoms with Crippen LogP contribution in [0.5, 0.6) is 23.0 Å². The summed E-state index contributed by atoms with van der Waals surface area (Å²) in [5, 5.41) is 9.40. The molecule has 2 aromatic heterocycles. The Morgan fingerprint density at radius 2 is 1.70 bits per heavy atom. The van der Waals surface area contributed by atoms with Crippen molar-refractivity contribution in [3.63, 3.8) is 0 Å². The summed E-state index contributed by atoms with van der Waals surface area (Å²) in [7, 11) is 6.23. The van der Waals surface area contributed by atoms with Crippen molar-refractivity contribution in [1.29, 1.82) is 0 Å². The Morgan fingerprint density at radius 3 is 2.45 bits per heavy atom. The van der Waals surface area contributed by atoms with Crippen LogP contribution in [-0.2, 0) is 0 Å². The lowest BCUT2D eigenvalue weighted by molar-refractivity contribution is 0.0951. The smallest absolute Gasteiger partial charge is 0.287 e. The third-order valence-corrected chi connectivity index (χ3v) is 6.40. The quantitative estimate of drug-likeness (QED) is 0.166. The van der Waals surface area contributed by atoms with Crippen molar-refractivity contribution in [3.8, 4) is 23.0 Å². The molecule has 2 heterocycles. The summed E-state index contributed by atoms with van der Waals surface area (Å²) in [6, 6.07) is 18.9. The lowest BCUT2D eigenvalue weighted by atomic mass is 10.1. The molecule has 0 aliphatic heterocycles. The first kappa shape index (κ1) is 26.4. The van der Waals surface area contributed by atoms with Crippen molar-refractivity contribution in [2.45, 2.75) is 6.92 Å². The summed E-state index contributed by atoms with van der Waals surface area (Å²) in [6.45, 7) is 1.95. The Labute approximate surface area is 230 Å². The number of nitrogens with one attached hydrogen (secondary N) is 3. The van der Waals surface area contributed by atoms with E-state index in [2.05, 4.69) is 25.8 Å². The van der Waals surface area contributed by atoms with E-state index in [1.54, 1.807) is 32.4 Å². The summed E-state index contributed by atoms with van der Waals surface area (Å²) >= 11 is 0. The molecule has 0 aliphatic rings. The van der Waals surface area contributed by atoms with E-state index in [9.17, 15) is 4.79 Å².